The quantitative estimate of drug-likeness (QED) is 0.276. The zero-order chi connectivity index (χ0) is 44.7. The molecule has 16 nitrogen and oxygen atoms in total. The van der Waals surface area contributed by atoms with Crippen LogP contribution in [0.25, 0.3) is 11.0 Å². The van der Waals surface area contributed by atoms with E-state index in [1.165, 1.54) is 32.2 Å². The summed E-state index contributed by atoms with van der Waals surface area (Å²) in [5.74, 6) is -4.49. The van der Waals surface area contributed by atoms with E-state index in [9.17, 15) is 40.8 Å². The Morgan fingerprint density at radius 1 is 1.08 bits per heavy atom. The van der Waals surface area contributed by atoms with Gasteiger partial charge in [0.05, 0.1) is 35.5 Å². The van der Waals surface area contributed by atoms with Crippen LogP contribution in [0, 0.1) is 17.8 Å². The molecule has 0 radical (unpaired) electrons. The summed E-state index contributed by atoms with van der Waals surface area (Å²) in [7, 11) is -2.69. The number of hydrogen-bond acceptors (Lipinski definition) is 12. The molecule has 1 aromatic carbocycles. The molecule has 0 unspecified atom stereocenters. The van der Waals surface area contributed by atoms with Crippen LogP contribution < -0.4 is 24.8 Å². The molecule has 4 aliphatic rings. The van der Waals surface area contributed by atoms with E-state index in [1.54, 1.807) is 33.8 Å². The molecule has 4 amide bonds. The van der Waals surface area contributed by atoms with E-state index in [2.05, 4.69) is 25.3 Å². The number of fused-ring (bicyclic) bond motifs is 3. The molecule has 2 aromatic rings. The van der Waals surface area contributed by atoms with Crippen molar-refractivity contribution < 1.29 is 59.7 Å². The van der Waals surface area contributed by atoms with Gasteiger partial charge in [0.25, 0.3) is 5.91 Å². The smallest absolute Gasteiger partial charge is 0.438 e. The lowest BCUT2D eigenvalue weighted by Gasteiger charge is -2.34. The molecule has 61 heavy (non-hydrogen) atoms. The molecular formula is C41H55F3N6O10S. The van der Waals surface area contributed by atoms with Crippen molar-refractivity contribution in [2.45, 2.75) is 127 Å². The fourth-order valence-corrected chi connectivity index (χ4v) is 9.24. The minimum Gasteiger partial charge on any atom is -0.494 e. The topological polar surface area (TPSA) is 204 Å². The molecule has 3 heterocycles. The molecule has 2 aliphatic heterocycles. The lowest BCUT2D eigenvalue weighted by Crippen LogP contribution is -2.60. The predicted octanol–water partition coefficient (Wildman–Crippen LogP) is 4.80. The number of methoxy groups -OCH3 is 1. The number of allylic oxidation sites excluding steroid dienone is 1. The van der Waals surface area contributed by atoms with Gasteiger partial charge in [-0.2, -0.15) is 13.2 Å². The van der Waals surface area contributed by atoms with Gasteiger partial charge in [0.1, 0.15) is 35.1 Å². The summed E-state index contributed by atoms with van der Waals surface area (Å²) in [6, 6.07) is 1.37. The number of carbonyl (C=O) groups is 4. The lowest BCUT2D eigenvalue weighted by molar-refractivity contribution is -0.143. The van der Waals surface area contributed by atoms with E-state index in [-0.39, 0.29) is 43.0 Å². The van der Waals surface area contributed by atoms with E-state index < -0.39 is 104 Å². The van der Waals surface area contributed by atoms with Crippen LogP contribution in [0.4, 0.5) is 18.0 Å². The van der Waals surface area contributed by atoms with Crippen molar-refractivity contribution in [3.05, 3.63) is 36.0 Å². The number of hydrogen-bond donors (Lipinski definition) is 3. The number of alkyl carbamates (subject to hydrolysis) is 1. The molecule has 336 valence electrons. The molecule has 0 bridgehead atoms. The van der Waals surface area contributed by atoms with Gasteiger partial charge in [-0.3, -0.25) is 19.1 Å². The van der Waals surface area contributed by atoms with Gasteiger partial charge in [0.15, 0.2) is 0 Å². The molecule has 1 saturated heterocycles. The van der Waals surface area contributed by atoms with Crippen LogP contribution >= 0.6 is 0 Å². The Kier molecular flexibility index (Phi) is 12.9. The molecule has 1 aromatic heterocycles. The summed E-state index contributed by atoms with van der Waals surface area (Å²) < 4.78 is 93.7. The zero-order valence-electron chi connectivity index (χ0n) is 35.4. The molecule has 6 rings (SSSR count). The maximum atomic E-state index is 15.0. The maximum Gasteiger partial charge on any atom is 0.438 e. The average molecular weight is 881 g/mol. The first-order valence-electron chi connectivity index (χ1n) is 20.5. The van der Waals surface area contributed by atoms with Crippen LogP contribution in [0.15, 0.2) is 30.4 Å². The normalized spacial score (nSPS) is 28.6. The first-order chi connectivity index (χ1) is 28.5. The summed E-state index contributed by atoms with van der Waals surface area (Å²) in [6.45, 7) is 9.98. The second-order valence-electron chi connectivity index (χ2n) is 17.8. The summed E-state index contributed by atoms with van der Waals surface area (Å²) in [5, 5.41) is 5.43. The first kappa shape index (κ1) is 45.8. The molecule has 3 fully saturated rings. The molecule has 2 saturated carbocycles. The highest BCUT2D eigenvalue weighted by Crippen LogP contribution is 2.48. The zero-order valence-corrected chi connectivity index (χ0v) is 36.2. The molecular weight excluding hydrogens is 826 g/mol. The fraction of sp³-hybridized carbons (Fsp3) is 0.659. The third-order valence-corrected chi connectivity index (χ3v) is 13.8. The Bertz CT molecular complexity index is 2160. The van der Waals surface area contributed by atoms with Crippen LogP contribution in [0.3, 0.4) is 0 Å². The molecule has 3 N–H and O–H groups in total. The van der Waals surface area contributed by atoms with E-state index in [4.69, 9.17) is 18.9 Å². The van der Waals surface area contributed by atoms with Crippen molar-refractivity contribution in [1.82, 2.24) is 30.2 Å². The second kappa shape index (κ2) is 17.2. The van der Waals surface area contributed by atoms with Gasteiger partial charge >= 0.3 is 12.3 Å². The Labute approximate surface area is 353 Å². The standard InChI is InChI=1S/C41H55F3N6O10S/c1-8-58-26-13-14-28-29(18-26)46-34(32(45-28)41(42,43)44)59-27-19-30-33(51)48-40(36(53)49-61(55,56)39(6)15-16-39)20-25(40)12-10-9-11-23(2)17-24(22-57-7)31(35(52)50(30)21-27)47-37(54)60-38(3,4)5/h10,12-14,18,23-25,27,30-31H,8-9,11,15-17,19-22H2,1-7H3,(H,47,54)(H,48,51)(H,49,53)/b12-10-/t23-,24+,25+,27-,30+,31+,40+/m1/s1. The largest absolute Gasteiger partial charge is 0.494 e. The van der Waals surface area contributed by atoms with Gasteiger partial charge in [-0.1, -0.05) is 19.1 Å². The van der Waals surface area contributed by atoms with Gasteiger partial charge in [0, 0.05) is 31.4 Å². The van der Waals surface area contributed by atoms with Crippen molar-refractivity contribution in [2.75, 3.05) is 26.9 Å². The number of ether oxygens (including phenoxy) is 4. The first-order valence-corrected chi connectivity index (χ1v) is 22.0. The third kappa shape index (κ3) is 10.3. The highest BCUT2D eigenvalue weighted by molar-refractivity contribution is 7.91. The van der Waals surface area contributed by atoms with Crippen LogP contribution in [0.1, 0.15) is 92.2 Å². The third-order valence-electron chi connectivity index (χ3n) is 11.6. The van der Waals surface area contributed by atoms with Crippen molar-refractivity contribution >= 4 is 44.9 Å². The van der Waals surface area contributed by atoms with Crippen LogP contribution in [-0.4, -0.2) is 108 Å². The monoisotopic (exact) mass is 880 g/mol. The number of sulfonamides is 1. The number of alkyl halides is 3. The highest BCUT2D eigenvalue weighted by Gasteiger charge is 2.63. The number of nitrogens with zero attached hydrogens (tertiary/aromatic N) is 3. The van der Waals surface area contributed by atoms with E-state index in [0.717, 1.165) is 4.90 Å². The summed E-state index contributed by atoms with van der Waals surface area (Å²) in [4.78, 5) is 66.0. The highest BCUT2D eigenvalue weighted by atomic mass is 32.2. The van der Waals surface area contributed by atoms with Crippen molar-refractivity contribution in [3.63, 3.8) is 0 Å². The van der Waals surface area contributed by atoms with E-state index >= 15 is 0 Å². The van der Waals surface area contributed by atoms with E-state index in [1.807, 2.05) is 13.0 Å². The molecule has 20 heteroatoms. The number of nitrogens with one attached hydrogen (secondary N) is 3. The van der Waals surface area contributed by atoms with Crippen LogP contribution in [0.5, 0.6) is 11.6 Å². The summed E-state index contributed by atoms with van der Waals surface area (Å²) >= 11 is 0. The van der Waals surface area contributed by atoms with Gasteiger partial charge in [-0.25, -0.2) is 23.2 Å². The summed E-state index contributed by atoms with van der Waals surface area (Å²) in [5.41, 5.74) is -4.16. The number of rotatable bonds is 10. The number of amides is 4. The van der Waals surface area contributed by atoms with Gasteiger partial charge in [-0.15, -0.1) is 0 Å². The van der Waals surface area contributed by atoms with Crippen LogP contribution in [-0.2, 0) is 40.1 Å². The number of carbonyl (C=O) groups excluding carboxylic acids is 4. The Morgan fingerprint density at radius 3 is 2.44 bits per heavy atom. The minimum atomic E-state index is -5.02. The Balaban J connectivity index is 1.41. The number of benzene rings is 1. The summed E-state index contributed by atoms with van der Waals surface area (Å²) in [6.07, 6.45) is -1.71. The molecule has 2 aliphatic carbocycles. The van der Waals surface area contributed by atoms with Crippen molar-refractivity contribution in [2.24, 2.45) is 17.8 Å². The van der Waals surface area contributed by atoms with Gasteiger partial charge < -0.3 is 34.5 Å². The average Bonchev–Trinajstić information content (AvgIpc) is 4.04. The number of aromatic nitrogens is 2. The van der Waals surface area contributed by atoms with Crippen molar-refractivity contribution in [1.29, 1.82) is 0 Å². The molecule has 0 spiro atoms. The lowest BCUT2D eigenvalue weighted by atomic mass is 9.87. The van der Waals surface area contributed by atoms with Gasteiger partial charge in [-0.05, 0) is 91.2 Å². The molecule has 7 atom stereocenters. The fourth-order valence-electron chi connectivity index (χ4n) is 7.92. The van der Waals surface area contributed by atoms with Crippen molar-refractivity contribution in [3.8, 4) is 11.6 Å². The minimum absolute atomic E-state index is 0.00111. The Morgan fingerprint density at radius 2 is 1.80 bits per heavy atom. The van der Waals surface area contributed by atoms with E-state index in [0.29, 0.717) is 37.9 Å². The Hall–Kier alpha value is -4.72. The van der Waals surface area contributed by atoms with Crippen LogP contribution in [0.2, 0.25) is 0 Å². The number of halogens is 3. The predicted molar refractivity (Wildman–Crippen MR) is 215 cm³/mol. The van der Waals surface area contributed by atoms with Gasteiger partial charge in [0.2, 0.25) is 33.4 Å². The SMILES string of the molecule is CCOc1ccc2nc(C(F)(F)F)c(O[C@@H]3C[C@H]4C(=O)N[C@@]5(C(=O)NS(=O)(=O)C6(C)CC6)C[C@@H]5/C=C\CC[C@@H](C)C[C@@H](COC)[C@H](NC(=O)OC(C)(C)C)C(=O)N4C3)nc2c1. The maximum absolute atomic E-state index is 15.0. The second-order valence-corrected chi connectivity index (χ2v) is 20.0.